The molecule has 0 rings (SSSR count). The maximum atomic E-state index is 11.1. The van der Waals surface area contributed by atoms with Crippen molar-refractivity contribution in [1.29, 1.82) is 0 Å². The Hall–Kier alpha value is -0.413. The van der Waals surface area contributed by atoms with Crippen molar-refractivity contribution in [2.75, 3.05) is 6.61 Å². The Morgan fingerprint density at radius 2 is 1.58 bits per heavy atom. The van der Waals surface area contributed by atoms with Gasteiger partial charge in [0.1, 0.15) is 6.29 Å². The molecule has 0 radical (unpaired) electrons. The van der Waals surface area contributed by atoms with E-state index in [2.05, 4.69) is 46.9 Å². The number of rotatable bonds is 14. The molecule has 0 spiro atoms. The number of hydrogen-bond donors (Lipinski definition) is 0. The van der Waals surface area contributed by atoms with E-state index in [1.807, 2.05) is 0 Å². The Bertz CT molecular complexity index is 353. The predicted molar refractivity (Wildman–Crippen MR) is 109 cm³/mol. The van der Waals surface area contributed by atoms with Crippen molar-refractivity contribution >= 4 is 14.6 Å². The zero-order valence-corrected chi connectivity index (χ0v) is 18.2. The lowest BCUT2D eigenvalue weighted by Crippen LogP contribution is -2.40. The number of carbonyl (C=O) groups excluding carboxylic acids is 1. The summed E-state index contributed by atoms with van der Waals surface area (Å²) in [4.78, 5) is 11.1. The molecule has 0 N–H and O–H groups in total. The van der Waals surface area contributed by atoms with Gasteiger partial charge in [0.25, 0.3) is 0 Å². The van der Waals surface area contributed by atoms with Crippen molar-refractivity contribution in [1.82, 2.24) is 0 Å². The molecule has 0 heterocycles. The normalized spacial score (nSPS) is 13.3. The summed E-state index contributed by atoms with van der Waals surface area (Å²) < 4.78 is 6.19. The average molecular weight is 355 g/mol. The number of aldehydes is 1. The largest absolute Gasteiger partial charge is 0.417 e. The van der Waals surface area contributed by atoms with Crippen LogP contribution in [-0.4, -0.2) is 21.2 Å². The molecule has 0 aliphatic carbocycles. The van der Waals surface area contributed by atoms with Crippen LogP contribution in [0.5, 0.6) is 0 Å². The molecule has 24 heavy (non-hydrogen) atoms. The van der Waals surface area contributed by atoms with Crippen molar-refractivity contribution < 1.29 is 9.22 Å². The van der Waals surface area contributed by atoms with Gasteiger partial charge in [-0.1, -0.05) is 65.9 Å². The molecule has 2 nitrogen and oxygen atoms in total. The van der Waals surface area contributed by atoms with E-state index < -0.39 is 8.32 Å². The first-order chi connectivity index (χ1) is 11.2. The molecule has 0 aromatic carbocycles. The van der Waals surface area contributed by atoms with E-state index in [9.17, 15) is 4.79 Å². The minimum absolute atomic E-state index is 0.289. The highest BCUT2D eigenvalue weighted by Gasteiger charge is 2.36. The second-order valence-electron chi connectivity index (χ2n) is 8.52. The molecule has 142 valence electrons. The molecule has 0 saturated carbocycles. The second kappa shape index (κ2) is 12.9. The SMILES string of the molecule is CCCCCCC/C=C(/C=O)CCCCCO[Si](C)(C)C(C)(C)C. The van der Waals surface area contributed by atoms with Crippen molar-refractivity contribution in [3.8, 4) is 0 Å². The number of hydrogen-bond acceptors (Lipinski definition) is 2. The summed E-state index contributed by atoms with van der Waals surface area (Å²) in [5, 5.41) is 0.289. The van der Waals surface area contributed by atoms with Gasteiger partial charge in [-0.2, -0.15) is 0 Å². The maximum Gasteiger partial charge on any atom is 0.191 e. The van der Waals surface area contributed by atoms with Gasteiger partial charge in [-0.05, 0) is 55.8 Å². The van der Waals surface area contributed by atoms with Crippen LogP contribution in [0.3, 0.4) is 0 Å². The van der Waals surface area contributed by atoms with Crippen LogP contribution in [0.15, 0.2) is 11.6 Å². The highest BCUT2D eigenvalue weighted by Crippen LogP contribution is 2.36. The highest BCUT2D eigenvalue weighted by atomic mass is 28.4. The Morgan fingerprint density at radius 1 is 0.958 bits per heavy atom. The summed E-state index contributed by atoms with van der Waals surface area (Å²) in [7, 11) is -1.59. The van der Waals surface area contributed by atoms with Gasteiger partial charge < -0.3 is 4.43 Å². The van der Waals surface area contributed by atoms with Gasteiger partial charge in [0, 0.05) is 6.61 Å². The highest BCUT2D eigenvalue weighted by molar-refractivity contribution is 6.74. The van der Waals surface area contributed by atoms with E-state index in [0.717, 1.165) is 50.6 Å². The summed E-state index contributed by atoms with van der Waals surface area (Å²) in [6, 6.07) is 0. The van der Waals surface area contributed by atoms with Gasteiger partial charge in [-0.25, -0.2) is 0 Å². The van der Waals surface area contributed by atoms with Crippen molar-refractivity contribution in [2.45, 2.75) is 110 Å². The Kier molecular flexibility index (Phi) is 12.7. The van der Waals surface area contributed by atoms with E-state index in [4.69, 9.17) is 4.43 Å². The van der Waals surface area contributed by atoms with Crippen LogP contribution in [0.1, 0.15) is 91.9 Å². The monoisotopic (exact) mass is 354 g/mol. The molecule has 0 saturated heterocycles. The first kappa shape index (κ1) is 23.6. The van der Waals surface area contributed by atoms with Crippen molar-refractivity contribution in [3.05, 3.63) is 11.6 Å². The van der Waals surface area contributed by atoms with E-state index in [-0.39, 0.29) is 5.04 Å². The maximum absolute atomic E-state index is 11.1. The molecule has 0 aromatic rings. The molecule has 0 aliphatic heterocycles. The molecule has 0 aliphatic rings. The average Bonchev–Trinajstić information content (AvgIpc) is 2.50. The third-order valence-corrected chi connectivity index (χ3v) is 9.78. The van der Waals surface area contributed by atoms with Crippen molar-refractivity contribution in [2.24, 2.45) is 0 Å². The second-order valence-corrected chi connectivity index (χ2v) is 13.3. The zero-order chi connectivity index (χ0) is 18.5. The molecule has 0 atom stereocenters. The minimum atomic E-state index is -1.59. The van der Waals surface area contributed by atoms with Gasteiger partial charge in [-0.15, -0.1) is 0 Å². The summed E-state index contributed by atoms with van der Waals surface area (Å²) in [5.74, 6) is 0. The summed E-state index contributed by atoms with van der Waals surface area (Å²) in [5.41, 5.74) is 0.996. The molecule has 0 unspecified atom stereocenters. The fourth-order valence-electron chi connectivity index (χ4n) is 2.40. The first-order valence-corrected chi connectivity index (χ1v) is 12.9. The van der Waals surface area contributed by atoms with Gasteiger partial charge in [0.05, 0.1) is 0 Å². The third-order valence-electron chi connectivity index (χ3n) is 5.24. The molecule has 3 heteroatoms. The quantitative estimate of drug-likeness (QED) is 0.144. The lowest BCUT2D eigenvalue weighted by Gasteiger charge is -2.36. The van der Waals surface area contributed by atoms with E-state index in [1.165, 1.54) is 32.1 Å². The molecule has 0 aromatic heterocycles. The van der Waals surface area contributed by atoms with Crippen LogP contribution in [-0.2, 0) is 9.22 Å². The van der Waals surface area contributed by atoms with E-state index >= 15 is 0 Å². The van der Waals surface area contributed by atoms with Crippen LogP contribution in [0, 0.1) is 0 Å². The molecule has 0 amide bonds. The van der Waals surface area contributed by atoms with Crippen LogP contribution < -0.4 is 0 Å². The van der Waals surface area contributed by atoms with Crippen LogP contribution in [0.2, 0.25) is 18.1 Å². The van der Waals surface area contributed by atoms with Gasteiger partial charge in [0.15, 0.2) is 8.32 Å². The molecule has 0 bridgehead atoms. The standard InChI is InChI=1S/C21H42O2Si/c1-7-8-9-10-11-13-16-20(19-22)17-14-12-15-18-23-24(5,6)21(2,3)4/h16,19H,7-15,17-18H2,1-6H3/b20-16+. The van der Waals surface area contributed by atoms with Gasteiger partial charge in [0.2, 0.25) is 0 Å². The summed E-state index contributed by atoms with van der Waals surface area (Å²) in [6.07, 6.45) is 15.0. The van der Waals surface area contributed by atoms with E-state index in [1.54, 1.807) is 0 Å². The summed E-state index contributed by atoms with van der Waals surface area (Å²) in [6.45, 7) is 14.6. The number of unbranched alkanes of at least 4 members (excludes halogenated alkanes) is 7. The number of carbonyl (C=O) groups is 1. The van der Waals surface area contributed by atoms with Gasteiger partial charge in [-0.3, -0.25) is 4.79 Å². The van der Waals surface area contributed by atoms with Crippen LogP contribution >= 0.6 is 0 Å². The summed E-state index contributed by atoms with van der Waals surface area (Å²) >= 11 is 0. The lowest BCUT2D eigenvalue weighted by atomic mass is 10.1. The molecular weight excluding hydrogens is 312 g/mol. The topological polar surface area (TPSA) is 26.3 Å². The minimum Gasteiger partial charge on any atom is -0.417 e. The molecule has 0 fully saturated rings. The first-order valence-electron chi connectivity index (χ1n) is 10.0. The molecular formula is C21H42O2Si. The van der Waals surface area contributed by atoms with E-state index in [0.29, 0.717) is 0 Å². The fraction of sp³-hybridized carbons (Fsp3) is 0.857. The third kappa shape index (κ3) is 11.2. The predicted octanol–water partition coefficient (Wildman–Crippen LogP) is 7.05. The lowest BCUT2D eigenvalue weighted by molar-refractivity contribution is -0.105. The van der Waals surface area contributed by atoms with Crippen LogP contribution in [0.4, 0.5) is 0 Å². The van der Waals surface area contributed by atoms with Gasteiger partial charge >= 0.3 is 0 Å². The van der Waals surface area contributed by atoms with Crippen LogP contribution in [0.25, 0.3) is 0 Å². The fourth-order valence-corrected chi connectivity index (χ4v) is 3.48. The Balaban J connectivity index is 3.78. The number of allylic oxidation sites excluding steroid dienone is 2. The Morgan fingerprint density at radius 3 is 2.17 bits per heavy atom. The van der Waals surface area contributed by atoms with Crippen molar-refractivity contribution in [3.63, 3.8) is 0 Å². The Labute approximate surface area is 152 Å². The smallest absolute Gasteiger partial charge is 0.191 e. The zero-order valence-electron chi connectivity index (χ0n) is 17.2.